The molecular formula is C26H32Cl3N3O4S. The number of halogens is 3. The molecule has 0 saturated heterocycles. The molecule has 1 aliphatic rings. The van der Waals surface area contributed by atoms with E-state index < -0.39 is 28.5 Å². The average molecular weight is 589 g/mol. The molecular weight excluding hydrogens is 557 g/mol. The lowest BCUT2D eigenvalue weighted by atomic mass is 9.95. The quantitative estimate of drug-likeness (QED) is 0.388. The lowest BCUT2D eigenvalue weighted by Gasteiger charge is -2.34. The fraction of sp³-hybridized carbons (Fsp3) is 0.462. The monoisotopic (exact) mass is 587 g/mol. The fourth-order valence-corrected chi connectivity index (χ4v) is 5.94. The third-order valence-corrected chi connectivity index (χ3v) is 8.39. The van der Waals surface area contributed by atoms with Crippen LogP contribution in [0.25, 0.3) is 0 Å². The highest BCUT2D eigenvalue weighted by Crippen LogP contribution is 2.31. The standard InChI is InChI=1S/C26H32Cl3N3O4S/c1-3-23(26(34)30-21-7-5-4-6-8-21)31(16-18-9-11-19(27)12-10-18)25(33)17-32(37(2,35)36)24-15-20(28)13-14-22(24)29/h9-15,21,23H,3-8,16-17H2,1-2H3,(H,30,34)/t23-/m1/s1. The summed E-state index contributed by atoms with van der Waals surface area (Å²) >= 11 is 18.4. The Morgan fingerprint density at radius 3 is 2.22 bits per heavy atom. The normalized spacial score (nSPS) is 15.2. The molecule has 3 rings (SSSR count). The van der Waals surface area contributed by atoms with E-state index in [9.17, 15) is 18.0 Å². The van der Waals surface area contributed by atoms with Crippen LogP contribution < -0.4 is 9.62 Å². The zero-order valence-corrected chi connectivity index (χ0v) is 24.0. The molecule has 11 heteroatoms. The smallest absolute Gasteiger partial charge is 0.244 e. The summed E-state index contributed by atoms with van der Waals surface area (Å²) in [5.41, 5.74) is 0.851. The van der Waals surface area contributed by atoms with Crippen molar-refractivity contribution in [3.05, 3.63) is 63.1 Å². The lowest BCUT2D eigenvalue weighted by molar-refractivity contribution is -0.140. The average Bonchev–Trinajstić information content (AvgIpc) is 2.85. The molecule has 1 atom stereocenters. The molecule has 202 valence electrons. The van der Waals surface area contributed by atoms with Crippen LogP contribution in [0.15, 0.2) is 42.5 Å². The third-order valence-electron chi connectivity index (χ3n) is 6.46. The highest BCUT2D eigenvalue weighted by Gasteiger charge is 2.33. The number of amides is 2. The van der Waals surface area contributed by atoms with E-state index in [1.54, 1.807) is 24.3 Å². The first kappa shape index (κ1) is 29.6. The van der Waals surface area contributed by atoms with Crippen LogP contribution in [0.5, 0.6) is 0 Å². The Bertz CT molecular complexity index is 1200. The van der Waals surface area contributed by atoms with E-state index in [1.807, 2.05) is 6.92 Å². The minimum atomic E-state index is -3.91. The summed E-state index contributed by atoms with van der Waals surface area (Å²) in [7, 11) is -3.91. The van der Waals surface area contributed by atoms with Crippen LogP contribution >= 0.6 is 34.8 Å². The molecule has 0 aliphatic heterocycles. The Hall–Kier alpha value is -2.00. The van der Waals surface area contributed by atoms with Gasteiger partial charge < -0.3 is 10.2 Å². The van der Waals surface area contributed by atoms with Crippen LogP contribution in [0.2, 0.25) is 15.1 Å². The summed E-state index contributed by atoms with van der Waals surface area (Å²) < 4.78 is 26.4. The van der Waals surface area contributed by atoms with E-state index >= 15 is 0 Å². The van der Waals surface area contributed by atoms with E-state index in [1.165, 1.54) is 23.1 Å². The maximum Gasteiger partial charge on any atom is 0.244 e. The van der Waals surface area contributed by atoms with Gasteiger partial charge in [-0.2, -0.15) is 0 Å². The summed E-state index contributed by atoms with van der Waals surface area (Å²) in [5.74, 6) is -0.787. The highest BCUT2D eigenvalue weighted by molar-refractivity contribution is 7.92. The minimum absolute atomic E-state index is 0.0700. The number of nitrogens with one attached hydrogen (secondary N) is 1. The Balaban J connectivity index is 1.93. The van der Waals surface area contributed by atoms with E-state index in [0.29, 0.717) is 11.4 Å². The third kappa shape index (κ3) is 8.24. The van der Waals surface area contributed by atoms with Gasteiger partial charge in [-0.25, -0.2) is 8.42 Å². The van der Waals surface area contributed by atoms with Crippen molar-refractivity contribution in [2.24, 2.45) is 0 Å². The molecule has 1 N–H and O–H groups in total. The number of carbonyl (C=O) groups excluding carboxylic acids is 2. The van der Waals surface area contributed by atoms with Crippen LogP contribution in [0.4, 0.5) is 5.69 Å². The van der Waals surface area contributed by atoms with Crippen molar-refractivity contribution in [3.63, 3.8) is 0 Å². The molecule has 2 amide bonds. The molecule has 0 heterocycles. The molecule has 7 nitrogen and oxygen atoms in total. The molecule has 37 heavy (non-hydrogen) atoms. The van der Waals surface area contributed by atoms with Crippen LogP contribution in [-0.2, 0) is 26.2 Å². The van der Waals surface area contributed by atoms with Crippen molar-refractivity contribution in [1.82, 2.24) is 10.2 Å². The second kappa shape index (κ2) is 13.2. The minimum Gasteiger partial charge on any atom is -0.352 e. The first-order chi connectivity index (χ1) is 17.5. The zero-order valence-electron chi connectivity index (χ0n) is 20.9. The number of hydrogen-bond donors (Lipinski definition) is 1. The van der Waals surface area contributed by atoms with Gasteiger partial charge in [0.05, 0.1) is 17.0 Å². The summed E-state index contributed by atoms with van der Waals surface area (Å²) in [5, 5.41) is 4.06. The summed E-state index contributed by atoms with van der Waals surface area (Å²) in [4.78, 5) is 28.6. The van der Waals surface area contributed by atoms with Crippen molar-refractivity contribution in [3.8, 4) is 0 Å². The highest BCUT2D eigenvalue weighted by atomic mass is 35.5. The molecule has 1 fully saturated rings. The van der Waals surface area contributed by atoms with Gasteiger partial charge in [0.25, 0.3) is 0 Å². The van der Waals surface area contributed by atoms with Gasteiger partial charge in [-0.3, -0.25) is 13.9 Å². The van der Waals surface area contributed by atoms with Gasteiger partial charge in [0.15, 0.2) is 0 Å². The summed E-state index contributed by atoms with van der Waals surface area (Å²) in [6.45, 7) is 1.39. The summed E-state index contributed by atoms with van der Waals surface area (Å²) in [6.07, 6.45) is 6.42. The molecule has 1 aliphatic carbocycles. The predicted octanol–water partition coefficient (Wildman–Crippen LogP) is 5.67. The molecule has 0 radical (unpaired) electrons. The van der Waals surface area contributed by atoms with Crippen molar-refractivity contribution >= 4 is 62.3 Å². The number of anilines is 1. The second-order valence-corrected chi connectivity index (χ2v) is 12.5. The largest absolute Gasteiger partial charge is 0.352 e. The molecule has 1 saturated carbocycles. The number of nitrogens with zero attached hydrogens (tertiary/aromatic N) is 2. The number of rotatable bonds is 10. The van der Waals surface area contributed by atoms with Gasteiger partial charge in [0.1, 0.15) is 12.6 Å². The Labute approximate surface area is 234 Å². The van der Waals surface area contributed by atoms with Gasteiger partial charge in [0, 0.05) is 22.6 Å². The predicted molar refractivity (Wildman–Crippen MR) is 150 cm³/mol. The van der Waals surface area contributed by atoms with Crippen LogP contribution in [-0.4, -0.2) is 50.0 Å². The van der Waals surface area contributed by atoms with Crippen molar-refractivity contribution in [2.45, 2.75) is 64.1 Å². The first-order valence-electron chi connectivity index (χ1n) is 12.3. The van der Waals surface area contributed by atoms with E-state index in [0.717, 1.165) is 48.2 Å². The van der Waals surface area contributed by atoms with E-state index in [4.69, 9.17) is 34.8 Å². The van der Waals surface area contributed by atoms with Gasteiger partial charge in [-0.1, -0.05) is 73.1 Å². The zero-order chi connectivity index (χ0) is 27.2. The molecule has 2 aromatic carbocycles. The lowest BCUT2D eigenvalue weighted by Crippen LogP contribution is -2.54. The Morgan fingerprint density at radius 1 is 1.00 bits per heavy atom. The van der Waals surface area contributed by atoms with E-state index in [2.05, 4.69) is 5.32 Å². The van der Waals surface area contributed by atoms with Crippen LogP contribution in [0.3, 0.4) is 0 Å². The Kier molecular flexibility index (Phi) is 10.5. The van der Waals surface area contributed by atoms with Crippen LogP contribution in [0, 0.1) is 0 Å². The summed E-state index contributed by atoms with van der Waals surface area (Å²) in [6, 6.07) is 10.6. The van der Waals surface area contributed by atoms with Gasteiger partial charge in [-0.15, -0.1) is 0 Å². The van der Waals surface area contributed by atoms with Crippen LogP contribution in [0.1, 0.15) is 51.0 Å². The van der Waals surface area contributed by atoms with Crippen molar-refractivity contribution < 1.29 is 18.0 Å². The number of carbonyl (C=O) groups is 2. The second-order valence-electron chi connectivity index (χ2n) is 9.28. The SMILES string of the molecule is CC[C@H](C(=O)NC1CCCCC1)N(Cc1ccc(Cl)cc1)C(=O)CN(c1cc(Cl)ccc1Cl)S(C)(=O)=O. The number of sulfonamides is 1. The van der Waals surface area contributed by atoms with Gasteiger partial charge >= 0.3 is 0 Å². The maximum atomic E-state index is 13.8. The van der Waals surface area contributed by atoms with Gasteiger partial charge in [-0.05, 0) is 55.2 Å². The number of benzene rings is 2. The van der Waals surface area contributed by atoms with Crippen molar-refractivity contribution in [2.75, 3.05) is 17.1 Å². The van der Waals surface area contributed by atoms with E-state index in [-0.39, 0.29) is 34.2 Å². The molecule has 0 unspecified atom stereocenters. The Morgan fingerprint density at radius 2 is 1.62 bits per heavy atom. The first-order valence-corrected chi connectivity index (χ1v) is 15.2. The molecule has 2 aromatic rings. The van der Waals surface area contributed by atoms with Crippen molar-refractivity contribution in [1.29, 1.82) is 0 Å². The molecule has 0 aromatic heterocycles. The topological polar surface area (TPSA) is 86.8 Å². The van der Waals surface area contributed by atoms with Gasteiger partial charge in [0.2, 0.25) is 21.8 Å². The maximum absolute atomic E-state index is 13.8. The molecule has 0 spiro atoms. The number of hydrogen-bond acceptors (Lipinski definition) is 4. The fourth-order valence-electron chi connectivity index (χ4n) is 4.52. The molecule has 0 bridgehead atoms.